The Hall–Kier alpha value is -0.0200. The van der Waals surface area contributed by atoms with Gasteiger partial charge >= 0.3 is 0 Å². The maximum atomic E-state index is 12.0. The summed E-state index contributed by atoms with van der Waals surface area (Å²) in [5.74, 6) is 2.35. The van der Waals surface area contributed by atoms with Gasteiger partial charge in [0.15, 0.2) is 0 Å². The molecular formula is C13H26ClN3O3S2. The van der Waals surface area contributed by atoms with E-state index in [9.17, 15) is 13.2 Å². The number of nitrogens with one attached hydrogen (secondary N) is 3. The molecule has 0 bridgehead atoms. The number of sulfonamides is 1. The Bertz CT molecular complexity index is 455. The summed E-state index contributed by atoms with van der Waals surface area (Å²) in [7, 11) is -3.18. The molecule has 0 aromatic heterocycles. The molecule has 9 heteroatoms. The van der Waals surface area contributed by atoms with Crippen LogP contribution in [0.2, 0.25) is 0 Å². The molecule has 1 heterocycles. The SMILES string of the molecule is CS(=O)(=O)NC1CCCC1CNC(=O)CC1CSCCN1.Cl. The molecule has 130 valence electrons. The fourth-order valence-electron chi connectivity index (χ4n) is 3.00. The van der Waals surface area contributed by atoms with Crippen molar-refractivity contribution in [3.63, 3.8) is 0 Å². The van der Waals surface area contributed by atoms with Crippen LogP contribution in [0.1, 0.15) is 25.7 Å². The molecule has 1 aliphatic heterocycles. The number of carbonyl (C=O) groups excluding carboxylic acids is 1. The number of rotatable bonds is 6. The summed E-state index contributed by atoms with van der Waals surface area (Å²) < 4.78 is 25.3. The number of halogens is 1. The van der Waals surface area contributed by atoms with Gasteiger partial charge in [0, 0.05) is 43.1 Å². The maximum absolute atomic E-state index is 12.0. The molecule has 2 rings (SSSR count). The highest BCUT2D eigenvalue weighted by molar-refractivity contribution is 7.99. The van der Waals surface area contributed by atoms with E-state index in [0.717, 1.165) is 37.3 Å². The molecule has 2 aliphatic rings. The zero-order chi connectivity index (χ0) is 15.3. The highest BCUT2D eigenvalue weighted by Gasteiger charge is 2.29. The summed E-state index contributed by atoms with van der Waals surface area (Å²) in [5.41, 5.74) is 0. The lowest BCUT2D eigenvalue weighted by Gasteiger charge is -2.24. The van der Waals surface area contributed by atoms with Crippen LogP contribution in [0.25, 0.3) is 0 Å². The van der Waals surface area contributed by atoms with Crippen molar-refractivity contribution in [3.8, 4) is 0 Å². The Labute approximate surface area is 143 Å². The van der Waals surface area contributed by atoms with E-state index in [-0.39, 0.29) is 36.3 Å². The smallest absolute Gasteiger partial charge is 0.221 e. The molecule has 3 atom stereocenters. The molecule has 0 aromatic rings. The Morgan fingerprint density at radius 1 is 1.36 bits per heavy atom. The van der Waals surface area contributed by atoms with Gasteiger partial charge in [-0.2, -0.15) is 11.8 Å². The van der Waals surface area contributed by atoms with Gasteiger partial charge in [0.1, 0.15) is 0 Å². The lowest BCUT2D eigenvalue weighted by Crippen LogP contribution is -2.44. The summed E-state index contributed by atoms with van der Waals surface area (Å²) in [6, 6.07) is 0.223. The fourth-order valence-corrected chi connectivity index (χ4v) is 4.81. The highest BCUT2D eigenvalue weighted by Crippen LogP contribution is 2.25. The molecule has 2 fully saturated rings. The van der Waals surface area contributed by atoms with E-state index in [1.165, 1.54) is 6.26 Å². The largest absolute Gasteiger partial charge is 0.356 e. The van der Waals surface area contributed by atoms with Crippen molar-refractivity contribution in [1.29, 1.82) is 0 Å². The van der Waals surface area contributed by atoms with Crippen molar-refractivity contribution in [1.82, 2.24) is 15.4 Å². The van der Waals surface area contributed by atoms with Gasteiger partial charge in [-0.25, -0.2) is 13.1 Å². The van der Waals surface area contributed by atoms with Crippen LogP contribution in [-0.4, -0.2) is 57.3 Å². The zero-order valence-electron chi connectivity index (χ0n) is 12.8. The minimum atomic E-state index is -3.18. The molecular weight excluding hydrogens is 346 g/mol. The first kappa shape index (κ1) is 20.0. The lowest BCUT2D eigenvalue weighted by molar-refractivity contribution is -0.121. The molecule has 22 heavy (non-hydrogen) atoms. The van der Waals surface area contributed by atoms with Crippen molar-refractivity contribution in [2.24, 2.45) is 5.92 Å². The summed E-state index contributed by atoms with van der Waals surface area (Å²) in [6.45, 7) is 1.53. The van der Waals surface area contributed by atoms with Crippen molar-refractivity contribution in [3.05, 3.63) is 0 Å². The molecule has 3 N–H and O–H groups in total. The molecule has 0 radical (unpaired) electrons. The average molecular weight is 372 g/mol. The lowest BCUT2D eigenvalue weighted by atomic mass is 10.0. The predicted octanol–water partition coefficient (Wildman–Crippen LogP) is 0.337. The van der Waals surface area contributed by atoms with Crippen LogP contribution in [0.3, 0.4) is 0 Å². The van der Waals surface area contributed by atoms with Crippen molar-refractivity contribution < 1.29 is 13.2 Å². The van der Waals surface area contributed by atoms with Gasteiger partial charge in [-0.3, -0.25) is 4.79 Å². The fraction of sp³-hybridized carbons (Fsp3) is 0.923. The minimum absolute atomic E-state index is 0. The van der Waals surface area contributed by atoms with Crippen LogP contribution in [0.4, 0.5) is 0 Å². The molecule has 0 aromatic carbocycles. The number of hydrogen-bond acceptors (Lipinski definition) is 5. The Morgan fingerprint density at radius 2 is 2.14 bits per heavy atom. The van der Waals surface area contributed by atoms with E-state index >= 15 is 0 Å². The molecule has 1 saturated carbocycles. The van der Waals surface area contributed by atoms with Crippen LogP contribution in [0.15, 0.2) is 0 Å². The Kier molecular flexibility index (Phi) is 8.48. The number of amides is 1. The first-order chi connectivity index (χ1) is 9.94. The van der Waals surface area contributed by atoms with Gasteiger partial charge < -0.3 is 10.6 Å². The van der Waals surface area contributed by atoms with E-state index in [0.29, 0.717) is 13.0 Å². The van der Waals surface area contributed by atoms with Gasteiger partial charge in [-0.05, 0) is 18.8 Å². The number of carbonyl (C=O) groups is 1. The molecule has 3 unspecified atom stereocenters. The second kappa shape index (κ2) is 9.32. The van der Waals surface area contributed by atoms with E-state index in [2.05, 4.69) is 15.4 Å². The highest BCUT2D eigenvalue weighted by atomic mass is 35.5. The van der Waals surface area contributed by atoms with Crippen LogP contribution in [0, 0.1) is 5.92 Å². The van der Waals surface area contributed by atoms with E-state index in [1.807, 2.05) is 11.8 Å². The van der Waals surface area contributed by atoms with Crippen LogP contribution in [0.5, 0.6) is 0 Å². The standard InChI is InChI=1S/C13H25N3O3S2.ClH/c1-21(18,19)16-12-4-2-3-10(12)8-15-13(17)7-11-9-20-6-5-14-11;/h10-12,14,16H,2-9H2,1H3,(H,15,17);1H. The molecule has 1 amide bonds. The first-order valence-electron chi connectivity index (χ1n) is 7.49. The van der Waals surface area contributed by atoms with Crippen LogP contribution < -0.4 is 15.4 Å². The molecule has 1 saturated heterocycles. The third kappa shape index (κ3) is 7.04. The average Bonchev–Trinajstić information content (AvgIpc) is 2.82. The normalized spacial score (nSPS) is 28.9. The Balaban J connectivity index is 0.00000242. The summed E-state index contributed by atoms with van der Waals surface area (Å²) in [4.78, 5) is 12.0. The Morgan fingerprint density at radius 3 is 2.77 bits per heavy atom. The minimum Gasteiger partial charge on any atom is -0.356 e. The second-order valence-corrected chi connectivity index (χ2v) is 8.85. The quantitative estimate of drug-likeness (QED) is 0.626. The zero-order valence-corrected chi connectivity index (χ0v) is 15.3. The first-order valence-corrected chi connectivity index (χ1v) is 10.5. The number of thioether (sulfide) groups is 1. The van der Waals surface area contributed by atoms with Gasteiger partial charge in [-0.1, -0.05) is 6.42 Å². The third-order valence-electron chi connectivity index (χ3n) is 4.02. The van der Waals surface area contributed by atoms with E-state index in [1.54, 1.807) is 0 Å². The maximum Gasteiger partial charge on any atom is 0.221 e. The molecule has 6 nitrogen and oxygen atoms in total. The van der Waals surface area contributed by atoms with Crippen molar-refractivity contribution >= 4 is 40.1 Å². The van der Waals surface area contributed by atoms with Crippen molar-refractivity contribution in [2.45, 2.75) is 37.8 Å². The van der Waals surface area contributed by atoms with Gasteiger partial charge in [0.2, 0.25) is 15.9 Å². The monoisotopic (exact) mass is 371 g/mol. The summed E-state index contributed by atoms with van der Waals surface area (Å²) in [6.07, 6.45) is 4.52. The van der Waals surface area contributed by atoms with Crippen molar-refractivity contribution in [2.75, 3.05) is 30.9 Å². The van der Waals surface area contributed by atoms with Gasteiger partial charge in [-0.15, -0.1) is 12.4 Å². The second-order valence-electron chi connectivity index (χ2n) is 5.92. The summed E-state index contributed by atoms with van der Waals surface area (Å²) >= 11 is 1.88. The summed E-state index contributed by atoms with van der Waals surface area (Å²) in [5, 5.41) is 6.31. The van der Waals surface area contributed by atoms with E-state index < -0.39 is 10.0 Å². The topological polar surface area (TPSA) is 87.3 Å². The van der Waals surface area contributed by atoms with Gasteiger partial charge in [0.25, 0.3) is 0 Å². The van der Waals surface area contributed by atoms with Gasteiger partial charge in [0.05, 0.1) is 6.26 Å². The predicted molar refractivity (Wildman–Crippen MR) is 93.1 cm³/mol. The number of hydrogen-bond donors (Lipinski definition) is 3. The molecule has 1 aliphatic carbocycles. The van der Waals surface area contributed by atoms with E-state index in [4.69, 9.17) is 0 Å². The molecule has 0 spiro atoms. The van der Waals surface area contributed by atoms with Crippen LogP contribution in [-0.2, 0) is 14.8 Å². The third-order valence-corrected chi connectivity index (χ3v) is 5.88. The van der Waals surface area contributed by atoms with Crippen LogP contribution >= 0.6 is 24.2 Å².